The summed E-state index contributed by atoms with van der Waals surface area (Å²) in [7, 11) is 0. The van der Waals surface area contributed by atoms with Crippen LogP contribution in [0.2, 0.25) is 0 Å². The molecule has 3 N–H and O–H groups in total. The number of β-amino-alcohol motifs (C(OH)–C–C–N with tert-alkyl or cyclic N) is 1. The summed E-state index contributed by atoms with van der Waals surface area (Å²) in [6.45, 7) is 1.83. The lowest BCUT2D eigenvalue weighted by molar-refractivity contribution is -0.0782. The molecule has 1 saturated carbocycles. The van der Waals surface area contributed by atoms with E-state index in [1.54, 1.807) is 0 Å². The van der Waals surface area contributed by atoms with Crippen LogP contribution in [-0.4, -0.2) is 40.7 Å². The van der Waals surface area contributed by atoms with Gasteiger partial charge in [-0.05, 0) is 19.8 Å². The summed E-state index contributed by atoms with van der Waals surface area (Å²) in [6.07, 6.45) is -0.982. The highest BCUT2D eigenvalue weighted by molar-refractivity contribution is 5.14. The summed E-state index contributed by atoms with van der Waals surface area (Å²) >= 11 is 0. The van der Waals surface area contributed by atoms with Gasteiger partial charge in [-0.2, -0.15) is 0 Å². The largest absolute Gasteiger partial charge is 0.390 e. The fraction of sp³-hybridized carbons (Fsp3) is 1.00. The van der Waals surface area contributed by atoms with Crippen molar-refractivity contribution in [3.8, 4) is 0 Å². The van der Waals surface area contributed by atoms with E-state index in [-0.39, 0.29) is 5.54 Å². The third-order valence-electron chi connectivity index (χ3n) is 3.35. The van der Waals surface area contributed by atoms with E-state index in [0.29, 0.717) is 6.54 Å². The van der Waals surface area contributed by atoms with E-state index >= 15 is 0 Å². The third-order valence-corrected chi connectivity index (χ3v) is 3.35. The maximum atomic E-state index is 13.2. The Morgan fingerprint density at radius 2 is 2.08 bits per heavy atom. The number of aliphatic hydroxyl groups excluding tert-OH is 2. The molecule has 1 saturated heterocycles. The molecule has 13 heavy (non-hydrogen) atoms. The maximum absolute atomic E-state index is 13.2. The Hall–Kier alpha value is -0.190. The molecule has 0 aromatic rings. The minimum absolute atomic E-state index is 0.215. The molecule has 0 aromatic carbocycles. The fourth-order valence-corrected chi connectivity index (χ4v) is 2.47. The zero-order valence-electron chi connectivity index (χ0n) is 7.70. The Balaban J connectivity index is 2.16. The molecule has 2 fully saturated rings. The molecule has 1 spiro atoms. The van der Waals surface area contributed by atoms with Crippen LogP contribution in [0.4, 0.5) is 4.39 Å². The van der Waals surface area contributed by atoms with Gasteiger partial charge in [0.05, 0.1) is 12.2 Å². The number of nitrogens with one attached hydrogen (secondary N) is 1. The Morgan fingerprint density at radius 1 is 1.46 bits per heavy atom. The van der Waals surface area contributed by atoms with Crippen LogP contribution in [0.15, 0.2) is 0 Å². The summed E-state index contributed by atoms with van der Waals surface area (Å²) in [5, 5.41) is 22.2. The number of hydrogen-bond acceptors (Lipinski definition) is 3. The second-order valence-corrected chi connectivity index (χ2v) is 4.30. The van der Waals surface area contributed by atoms with Crippen LogP contribution < -0.4 is 5.32 Å². The number of hydrogen-bond donors (Lipinski definition) is 3. The second kappa shape index (κ2) is 2.90. The molecule has 1 aliphatic heterocycles. The van der Waals surface area contributed by atoms with Crippen LogP contribution in [-0.2, 0) is 0 Å². The summed E-state index contributed by atoms with van der Waals surface area (Å²) < 4.78 is 13.2. The van der Waals surface area contributed by atoms with Crippen molar-refractivity contribution in [1.29, 1.82) is 0 Å². The quantitative estimate of drug-likeness (QED) is 0.536. The Kier molecular flexibility index (Phi) is 2.09. The number of aliphatic hydroxyl groups is 2. The van der Waals surface area contributed by atoms with Crippen LogP contribution in [0.5, 0.6) is 0 Å². The molecule has 1 unspecified atom stereocenters. The van der Waals surface area contributed by atoms with Crippen LogP contribution in [0.1, 0.15) is 19.8 Å². The van der Waals surface area contributed by atoms with Gasteiger partial charge in [0.1, 0.15) is 6.17 Å². The molecule has 2 aliphatic rings. The average molecular weight is 189 g/mol. The standard InChI is InChI=1S/C9H16FNO2/c1-5(10)7-8(13)6(12)4-11-9(7)2-3-9/h5-8,11-13H,2-4H2,1H3/t5-,6+,7?,8-/m0/s1. The highest BCUT2D eigenvalue weighted by Gasteiger charge is 2.57. The predicted molar refractivity (Wildman–Crippen MR) is 46.0 cm³/mol. The minimum Gasteiger partial charge on any atom is -0.390 e. The van der Waals surface area contributed by atoms with Crippen molar-refractivity contribution < 1.29 is 14.6 Å². The molecular formula is C9H16FNO2. The van der Waals surface area contributed by atoms with Crippen molar-refractivity contribution in [2.24, 2.45) is 5.92 Å². The molecule has 0 bridgehead atoms. The molecule has 0 aromatic heterocycles. The molecule has 4 heteroatoms. The van der Waals surface area contributed by atoms with Crippen LogP contribution >= 0.6 is 0 Å². The topological polar surface area (TPSA) is 52.5 Å². The first kappa shape index (κ1) is 9.37. The highest BCUT2D eigenvalue weighted by atomic mass is 19.1. The average Bonchev–Trinajstić information content (AvgIpc) is 2.79. The third kappa shape index (κ3) is 1.37. The van der Waals surface area contributed by atoms with E-state index < -0.39 is 24.3 Å². The minimum atomic E-state index is -1.07. The van der Waals surface area contributed by atoms with Gasteiger partial charge in [0.2, 0.25) is 0 Å². The van der Waals surface area contributed by atoms with Gasteiger partial charge in [-0.1, -0.05) is 0 Å². The predicted octanol–water partition coefficient (Wildman–Crippen LogP) is -0.182. The van der Waals surface area contributed by atoms with Crippen molar-refractivity contribution in [3.05, 3.63) is 0 Å². The lowest BCUT2D eigenvalue weighted by Gasteiger charge is -2.40. The van der Waals surface area contributed by atoms with E-state index in [1.165, 1.54) is 6.92 Å². The van der Waals surface area contributed by atoms with Gasteiger partial charge in [-0.15, -0.1) is 0 Å². The molecule has 1 aliphatic carbocycles. The Morgan fingerprint density at radius 3 is 2.54 bits per heavy atom. The highest BCUT2D eigenvalue weighted by Crippen LogP contribution is 2.48. The van der Waals surface area contributed by atoms with E-state index in [1.807, 2.05) is 0 Å². The zero-order valence-corrected chi connectivity index (χ0v) is 7.70. The summed E-state index contributed by atoms with van der Waals surface area (Å²) in [5.74, 6) is -0.448. The van der Waals surface area contributed by atoms with Crippen molar-refractivity contribution in [3.63, 3.8) is 0 Å². The van der Waals surface area contributed by atoms with E-state index in [0.717, 1.165) is 12.8 Å². The molecule has 3 nitrogen and oxygen atoms in total. The second-order valence-electron chi connectivity index (χ2n) is 4.30. The number of piperidine rings is 1. The van der Waals surface area contributed by atoms with Crippen LogP contribution in [0, 0.1) is 5.92 Å². The number of halogens is 1. The molecule has 2 rings (SSSR count). The first-order chi connectivity index (χ1) is 6.07. The normalized spacial score (nSPS) is 44.8. The van der Waals surface area contributed by atoms with Gasteiger partial charge in [0.25, 0.3) is 0 Å². The van der Waals surface area contributed by atoms with Crippen molar-refractivity contribution in [1.82, 2.24) is 5.32 Å². The van der Waals surface area contributed by atoms with Gasteiger partial charge >= 0.3 is 0 Å². The molecule has 1 heterocycles. The molecular weight excluding hydrogens is 173 g/mol. The smallest absolute Gasteiger partial charge is 0.104 e. The van der Waals surface area contributed by atoms with E-state index in [9.17, 15) is 14.6 Å². The SMILES string of the molecule is C[C@H](F)C1[C@@H](O)[C@H](O)CNC12CC2. The van der Waals surface area contributed by atoms with E-state index in [4.69, 9.17) is 0 Å². The molecule has 76 valence electrons. The lowest BCUT2D eigenvalue weighted by atomic mass is 9.81. The summed E-state index contributed by atoms with van der Waals surface area (Å²) in [5.41, 5.74) is -0.215. The van der Waals surface area contributed by atoms with Crippen molar-refractivity contribution in [2.45, 2.75) is 43.7 Å². The van der Waals surface area contributed by atoms with Crippen molar-refractivity contribution >= 4 is 0 Å². The van der Waals surface area contributed by atoms with Crippen molar-refractivity contribution in [2.75, 3.05) is 6.54 Å². The van der Waals surface area contributed by atoms with Gasteiger partial charge in [-0.3, -0.25) is 0 Å². The van der Waals surface area contributed by atoms with Gasteiger partial charge in [-0.25, -0.2) is 4.39 Å². The van der Waals surface area contributed by atoms with Gasteiger partial charge < -0.3 is 15.5 Å². The first-order valence-electron chi connectivity index (χ1n) is 4.82. The van der Waals surface area contributed by atoms with Crippen LogP contribution in [0.25, 0.3) is 0 Å². The van der Waals surface area contributed by atoms with Gasteiger partial charge in [0.15, 0.2) is 0 Å². The molecule has 0 radical (unpaired) electrons. The maximum Gasteiger partial charge on any atom is 0.104 e. The monoisotopic (exact) mass is 189 g/mol. The lowest BCUT2D eigenvalue weighted by Crippen LogP contribution is -2.60. The molecule has 0 amide bonds. The first-order valence-corrected chi connectivity index (χ1v) is 4.82. The van der Waals surface area contributed by atoms with E-state index in [2.05, 4.69) is 5.32 Å². The molecule has 4 atom stereocenters. The number of alkyl halides is 1. The zero-order chi connectivity index (χ0) is 9.64. The number of rotatable bonds is 1. The fourth-order valence-electron chi connectivity index (χ4n) is 2.47. The van der Waals surface area contributed by atoms with Crippen LogP contribution in [0.3, 0.4) is 0 Å². The Labute approximate surface area is 77.0 Å². The summed E-state index contributed by atoms with van der Waals surface area (Å²) in [6, 6.07) is 0. The Bertz CT molecular complexity index is 206. The summed E-state index contributed by atoms with van der Waals surface area (Å²) in [4.78, 5) is 0. The van der Waals surface area contributed by atoms with Gasteiger partial charge in [0, 0.05) is 18.0 Å².